The van der Waals surface area contributed by atoms with Crippen LogP contribution >= 0.6 is 0 Å². The molecule has 72 valence electrons. The zero-order chi connectivity index (χ0) is 9.30. The van der Waals surface area contributed by atoms with Gasteiger partial charge in [-0.3, -0.25) is 0 Å². The van der Waals surface area contributed by atoms with Crippen molar-refractivity contribution in [1.82, 2.24) is 0 Å². The predicted octanol–water partition coefficient (Wildman–Crippen LogP) is -3.29. The van der Waals surface area contributed by atoms with Crippen LogP contribution in [-0.2, 0) is 4.74 Å². The molecule has 0 aromatic carbocycles. The van der Waals surface area contributed by atoms with Crippen LogP contribution < -0.4 is 11.5 Å². The fourth-order valence-corrected chi connectivity index (χ4v) is 1.18. The second-order valence-corrected chi connectivity index (χ2v) is 2.86. The Bertz CT molecular complexity index is 152. The van der Waals surface area contributed by atoms with E-state index in [9.17, 15) is 5.11 Å². The fraction of sp³-hybridized carbons (Fsp3) is 1.00. The topological polar surface area (TPSA) is 122 Å². The van der Waals surface area contributed by atoms with Crippen molar-refractivity contribution in [2.24, 2.45) is 11.5 Å². The van der Waals surface area contributed by atoms with E-state index in [4.69, 9.17) is 26.4 Å². The summed E-state index contributed by atoms with van der Waals surface area (Å²) in [6.07, 6.45) is -4.57. The molecule has 1 aliphatic rings. The summed E-state index contributed by atoms with van der Waals surface area (Å²) >= 11 is 0. The van der Waals surface area contributed by atoms with E-state index in [1.807, 2.05) is 0 Å². The molecule has 0 amide bonds. The van der Waals surface area contributed by atoms with E-state index < -0.39 is 30.6 Å². The van der Waals surface area contributed by atoms with Crippen LogP contribution in [0.3, 0.4) is 0 Å². The number of hydrogen-bond donors (Lipinski definition) is 5. The van der Waals surface area contributed by atoms with Crippen LogP contribution in [0.4, 0.5) is 0 Å². The summed E-state index contributed by atoms with van der Waals surface area (Å²) in [5.74, 6) is 0. The SMILES string of the molecule is NC[C@H]1OC(O)[C@H](O)[C@@H](O)[C@H]1N. The van der Waals surface area contributed by atoms with E-state index in [-0.39, 0.29) is 6.54 Å². The Morgan fingerprint density at radius 2 is 1.75 bits per heavy atom. The third kappa shape index (κ3) is 1.58. The molecular weight excluding hydrogens is 164 g/mol. The van der Waals surface area contributed by atoms with Crippen molar-refractivity contribution < 1.29 is 20.1 Å². The van der Waals surface area contributed by atoms with Crippen molar-refractivity contribution in [2.45, 2.75) is 30.6 Å². The highest BCUT2D eigenvalue weighted by Gasteiger charge is 2.41. The lowest BCUT2D eigenvalue weighted by atomic mass is 9.97. The van der Waals surface area contributed by atoms with Crippen LogP contribution in [0, 0.1) is 0 Å². The summed E-state index contributed by atoms with van der Waals surface area (Å²) in [6, 6.07) is -0.756. The number of rotatable bonds is 1. The van der Waals surface area contributed by atoms with Crippen LogP contribution in [0.1, 0.15) is 0 Å². The van der Waals surface area contributed by atoms with Crippen LogP contribution in [0.2, 0.25) is 0 Å². The van der Waals surface area contributed by atoms with Crippen molar-refractivity contribution in [2.75, 3.05) is 6.54 Å². The first-order chi connectivity index (χ1) is 5.57. The minimum atomic E-state index is -1.41. The summed E-state index contributed by atoms with van der Waals surface area (Å²) in [5.41, 5.74) is 10.7. The molecule has 1 heterocycles. The summed E-state index contributed by atoms with van der Waals surface area (Å²) < 4.78 is 4.83. The monoisotopic (exact) mass is 178 g/mol. The van der Waals surface area contributed by atoms with Gasteiger partial charge in [0.05, 0.1) is 12.1 Å². The van der Waals surface area contributed by atoms with Crippen molar-refractivity contribution >= 4 is 0 Å². The Labute approximate surface area is 69.7 Å². The van der Waals surface area contributed by atoms with Crippen LogP contribution in [0.15, 0.2) is 0 Å². The quantitative estimate of drug-likeness (QED) is 0.287. The van der Waals surface area contributed by atoms with Crippen LogP contribution in [0.5, 0.6) is 0 Å². The van der Waals surface area contributed by atoms with E-state index in [1.165, 1.54) is 0 Å². The minimum absolute atomic E-state index is 0.0992. The molecule has 0 aromatic rings. The van der Waals surface area contributed by atoms with E-state index in [2.05, 4.69) is 0 Å². The van der Waals surface area contributed by atoms with Crippen LogP contribution in [-0.4, -0.2) is 52.5 Å². The lowest BCUT2D eigenvalue weighted by Gasteiger charge is -2.38. The standard InChI is InChI=1S/C6H14N2O4/c7-1-2-3(8)4(9)5(10)6(11)12-2/h2-6,9-11H,1,7-8H2/t2-,3+,4+,5-,6?/m1/s1. The second kappa shape index (κ2) is 3.65. The fourth-order valence-electron chi connectivity index (χ4n) is 1.18. The van der Waals surface area contributed by atoms with Crippen molar-refractivity contribution in [3.05, 3.63) is 0 Å². The number of hydrogen-bond acceptors (Lipinski definition) is 6. The molecule has 6 nitrogen and oxygen atoms in total. The van der Waals surface area contributed by atoms with E-state index in [0.29, 0.717) is 0 Å². The summed E-state index contributed by atoms with van der Waals surface area (Å²) in [6.45, 7) is 0.0992. The molecular formula is C6H14N2O4. The molecule has 1 aliphatic heterocycles. The Hall–Kier alpha value is -0.240. The van der Waals surface area contributed by atoms with E-state index >= 15 is 0 Å². The number of ether oxygens (including phenoxy) is 1. The zero-order valence-corrected chi connectivity index (χ0v) is 6.50. The maximum absolute atomic E-state index is 9.25. The largest absolute Gasteiger partial charge is 0.388 e. The molecule has 1 fully saturated rings. The van der Waals surface area contributed by atoms with Gasteiger partial charge in [0, 0.05) is 6.54 Å². The summed E-state index contributed by atoms with van der Waals surface area (Å²) in [4.78, 5) is 0. The third-order valence-electron chi connectivity index (χ3n) is 2.01. The molecule has 0 spiro atoms. The first kappa shape index (κ1) is 9.85. The Morgan fingerprint density at radius 3 is 2.25 bits per heavy atom. The molecule has 5 atom stereocenters. The van der Waals surface area contributed by atoms with Gasteiger partial charge in [0.15, 0.2) is 6.29 Å². The normalized spacial score (nSPS) is 49.2. The minimum Gasteiger partial charge on any atom is -0.388 e. The highest BCUT2D eigenvalue weighted by atomic mass is 16.6. The molecule has 6 heteroatoms. The molecule has 12 heavy (non-hydrogen) atoms. The Balaban J connectivity index is 2.63. The summed E-state index contributed by atoms with van der Waals surface area (Å²) in [5, 5.41) is 27.4. The molecule has 0 aliphatic carbocycles. The van der Waals surface area contributed by atoms with E-state index in [0.717, 1.165) is 0 Å². The van der Waals surface area contributed by atoms with Gasteiger partial charge in [-0.15, -0.1) is 0 Å². The Morgan fingerprint density at radius 1 is 1.17 bits per heavy atom. The third-order valence-corrected chi connectivity index (χ3v) is 2.01. The number of aliphatic hydroxyl groups excluding tert-OH is 3. The summed E-state index contributed by atoms with van der Waals surface area (Å²) in [7, 11) is 0. The highest BCUT2D eigenvalue weighted by molar-refractivity contribution is 4.91. The number of nitrogens with two attached hydrogens (primary N) is 2. The maximum Gasteiger partial charge on any atom is 0.183 e. The van der Waals surface area contributed by atoms with Gasteiger partial charge in [-0.1, -0.05) is 0 Å². The molecule has 1 unspecified atom stereocenters. The highest BCUT2D eigenvalue weighted by Crippen LogP contribution is 2.17. The smallest absolute Gasteiger partial charge is 0.183 e. The lowest BCUT2D eigenvalue weighted by molar-refractivity contribution is -0.251. The van der Waals surface area contributed by atoms with Gasteiger partial charge >= 0.3 is 0 Å². The second-order valence-electron chi connectivity index (χ2n) is 2.86. The van der Waals surface area contributed by atoms with Gasteiger partial charge in [0.25, 0.3) is 0 Å². The molecule has 0 saturated carbocycles. The van der Waals surface area contributed by atoms with Crippen molar-refractivity contribution in [3.8, 4) is 0 Å². The van der Waals surface area contributed by atoms with Gasteiger partial charge in [0.1, 0.15) is 12.2 Å². The average Bonchev–Trinajstić information content (AvgIpc) is 2.08. The van der Waals surface area contributed by atoms with Gasteiger partial charge in [0.2, 0.25) is 0 Å². The zero-order valence-electron chi connectivity index (χ0n) is 6.50. The van der Waals surface area contributed by atoms with Crippen molar-refractivity contribution in [3.63, 3.8) is 0 Å². The molecule has 7 N–H and O–H groups in total. The first-order valence-corrected chi connectivity index (χ1v) is 3.73. The maximum atomic E-state index is 9.25. The van der Waals surface area contributed by atoms with Crippen LogP contribution in [0.25, 0.3) is 0 Å². The number of aliphatic hydroxyl groups is 3. The van der Waals surface area contributed by atoms with E-state index in [1.54, 1.807) is 0 Å². The molecule has 0 bridgehead atoms. The predicted molar refractivity (Wildman–Crippen MR) is 39.9 cm³/mol. The molecule has 1 saturated heterocycles. The molecule has 0 radical (unpaired) electrons. The van der Waals surface area contributed by atoms with Gasteiger partial charge in [-0.05, 0) is 0 Å². The van der Waals surface area contributed by atoms with Gasteiger partial charge in [-0.2, -0.15) is 0 Å². The molecule has 1 rings (SSSR count). The van der Waals surface area contributed by atoms with Gasteiger partial charge in [-0.25, -0.2) is 0 Å². The molecule has 0 aromatic heterocycles. The van der Waals surface area contributed by atoms with Gasteiger partial charge < -0.3 is 31.5 Å². The Kier molecular flexibility index (Phi) is 2.99. The first-order valence-electron chi connectivity index (χ1n) is 3.73. The average molecular weight is 178 g/mol. The van der Waals surface area contributed by atoms with Crippen molar-refractivity contribution in [1.29, 1.82) is 0 Å². The lowest BCUT2D eigenvalue weighted by Crippen LogP contribution is -2.62.